The van der Waals surface area contributed by atoms with E-state index in [1.807, 2.05) is 0 Å². The van der Waals surface area contributed by atoms with Crippen molar-refractivity contribution in [2.75, 3.05) is 19.0 Å². The van der Waals surface area contributed by atoms with Gasteiger partial charge in [0.05, 0.1) is 19.8 Å². The maximum absolute atomic E-state index is 11.6. The molecule has 2 N–H and O–H groups in total. The second kappa shape index (κ2) is 6.14. The molecule has 1 aromatic rings. The van der Waals surface area contributed by atoms with E-state index in [4.69, 9.17) is 21.4 Å². The van der Waals surface area contributed by atoms with Gasteiger partial charge in [-0.15, -0.1) is 0 Å². The number of esters is 1. The number of methoxy groups -OCH3 is 1. The first-order chi connectivity index (χ1) is 9.15. The monoisotopic (exact) mass is 287 g/mol. The second-order valence-corrected chi connectivity index (χ2v) is 4.39. The minimum atomic E-state index is -0.621. The van der Waals surface area contributed by atoms with Gasteiger partial charge in [0.25, 0.3) is 0 Å². The summed E-state index contributed by atoms with van der Waals surface area (Å²) in [5.74, 6) is -0.361. The number of rotatable bonds is 4. The average Bonchev–Trinajstić information content (AvgIpc) is 2.86. The number of halogens is 1. The van der Waals surface area contributed by atoms with Crippen LogP contribution in [0.15, 0.2) is 6.33 Å². The molecule has 1 aliphatic heterocycles. The summed E-state index contributed by atoms with van der Waals surface area (Å²) >= 11 is 5.87. The van der Waals surface area contributed by atoms with Gasteiger partial charge in [-0.05, 0) is 12.8 Å². The smallest absolute Gasteiger partial charge is 0.344 e. The van der Waals surface area contributed by atoms with E-state index < -0.39 is 5.97 Å². The van der Waals surface area contributed by atoms with E-state index in [2.05, 4.69) is 20.0 Å². The molecule has 1 aliphatic rings. The van der Waals surface area contributed by atoms with Crippen molar-refractivity contribution in [2.24, 2.45) is 0 Å². The van der Waals surface area contributed by atoms with Gasteiger partial charge in [-0.2, -0.15) is 0 Å². The maximum atomic E-state index is 11.6. The minimum Gasteiger partial charge on any atom is -0.465 e. The fourth-order valence-corrected chi connectivity index (χ4v) is 2.07. The molecular weight excluding hydrogens is 274 g/mol. The van der Waals surface area contributed by atoms with Crippen LogP contribution in [-0.2, 0) is 9.47 Å². The number of hydrogen-bond acceptors (Lipinski definition) is 7. The normalized spacial score (nSPS) is 22.3. The Hall–Kier alpha value is -1.44. The fourth-order valence-electron chi connectivity index (χ4n) is 1.86. The number of nitrogens with one attached hydrogen (secondary N) is 1. The molecule has 0 amide bonds. The van der Waals surface area contributed by atoms with Crippen LogP contribution in [0.25, 0.3) is 0 Å². The number of nitrogens with zero attached hydrogens (tertiary/aromatic N) is 2. The van der Waals surface area contributed by atoms with Gasteiger partial charge in [0.2, 0.25) is 0 Å². The molecule has 0 radical (unpaired) electrons. The highest BCUT2D eigenvalue weighted by Crippen LogP contribution is 2.25. The lowest BCUT2D eigenvalue weighted by atomic mass is 10.2. The summed E-state index contributed by atoms with van der Waals surface area (Å²) in [5.41, 5.74) is 0.0720. The SMILES string of the molecule is COC(=O)c1c(Cl)ncnc1NC1CC[C@@H](CO)O1. The van der Waals surface area contributed by atoms with Gasteiger partial charge in [-0.3, -0.25) is 0 Å². The standard InChI is InChI=1S/C11H14ClN3O4/c1-18-11(17)8-9(12)13-5-14-10(8)15-7-3-2-6(4-16)19-7/h5-7,16H,2-4H2,1H3,(H,13,14,15)/t6-,7?/m0/s1. The lowest BCUT2D eigenvalue weighted by Gasteiger charge is -2.16. The molecule has 2 heterocycles. The number of ether oxygens (including phenoxy) is 2. The van der Waals surface area contributed by atoms with E-state index >= 15 is 0 Å². The van der Waals surface area contributed by atoms with Gasteiger partial charge in [-0.25, -0.2) is 14.8 Å². The summed E-state index contributed by atoms with van der Waals surface area (Å²) in [7, 11) is 1.25. The molecule has 0 aromatic carbocycles. The van der Waals surface area contributed by atoms with E-state index in [-0.39, 0.29) is 35.5 Å². The Morgan fingerprint density at radius 2 is 2.42 bits per heavy atom. The van der Waals surface area contributed by atoms with E-state index in [9.17, 15) is 4.79 Å². The molecule has 2 rings (SSSR count). The first-order valence-electron chi connectivity index (χ1n) is 5.77. The van der Waals surface area contributed by atoms with Gasteiger partial charge in [0, 0.05) is 0 Å². The van der Waals surface area contributed by atoms with E-state index in [0.29, 0.717) is 6.42 Å². The highest BCUT2D eigenvalue weighted by molar-refractivity contribution is 6.33. The second-order valence-electron chi connectivity index (χ2n) is 4.03. The van der Waals surface area contributed by atoms with Crippen molar-refractivity contribution < 1.29 is 19.4 Å². The quantitative estimate of drug-likeness (QED) is 0.625. The van der Waals surface area contributed by atoms with Crippen LogP contribution in [-0.4, -0.2) is 47.1 Å². The van der Waals surface area contributed by atoms with Crippen molar-refractivity contribution in [1.29, 1.82) is 0 Å². The first-order valence-corrected chi connectivity index (χ1v) is 6.15. The molecule has 8 heteroatoms. The lowest BCUT2D eigenvalue weighted by Crippen LogP contribution is -2.23. The topological polar surface area (TPSA) is 93.6 Å². The zero-order valence-electron chi connectivity index (χ0n) is 10.3. The Balaban J connectivity index is 2.16. The van der Waals surface area contributed by atoms with Gasteiger partial charge >= 0.3 is 5.97 Å². The summed E-state index contributed by atoms with van der Waals surface area (Å²) < 4.78 is 10.1. The van der Waals surface area contributed by atoms with Crippen molar-refractivity contribution in [1.82, 2.24) is 9.97 Å². The number of anilines is 1. The number of carbonyl (C=O) groups is 1. The molecule has 104 valence electrons. The third kappa shape index (κ3) is 3.12. The Morgan fingerprint density at radius 1 is 1.63 bits per heavy atom. The zero-order valence-corrected chi connectivity index (χ0v) is 11.1. The first kappa shape index (κ1) is 14.0. The van der Waals surface area contributed by atoms with Crippen LogP contribution < -0.4 is 5.32 Å². The molecule has 1 aromatic heterocycles. The molecule has 0 saturated carbocycles. The Kier molecular flexibility index (Phi) is 4.52. The lowest BCUT2D eigenvalue weighted by molar-refractivity contribution is 0.0233. The van der Waals surface area contributed by atoms with Crippen molar-refractivity contribution in [3.05, 3.63) is 17.0 Å². The maximum Gasteiger partial charge on any atom is 0.344 e. The zero-order chi connectivity index (χ0) is 13.8. The molecule has 2 atom stereocenters. The fraction of sp³-hybridized carbons (Fsp3) is 0.545. The number of aliphatic hydroxyl groups is 1. The molecule has 1 saturated heterocycles. The highest BCUT2D eigenvalue weighted by atomic mass is 35.5. The largest absolute Gasteiger partial charge is 0.465 e. The van der Waals surface area contributed by atoms with E-state index in [1.54, 1.807) is 0 Å². The number of aliphatic hydroxyl groups excluding tert-OH is 1. The number of hydrogen-bond donors (Lipinski definition) is 2. The molecule has 0 aliphatic carbocycles. The van der Waals surface area contributed by atoms with Crippen molar-refractivity contribution in [3.8, 4) is 0 Å². The number of aromatic nitrogens is 2. The molecule has 1 unspecified atom stereocenters. The summed E-state index contributed by atoms with van der Waals surface area (Å²) in [5, 5.41) is 12.0. The van der Waals surface area contributed by atoms with Crippen LogP contribution >= 0.6 is 11.6 Å². The summed E-state index contributed by atoms with van der Waals surface area (Å²) in [6.45, 7) is -0.0352. The van der Waals surface area contributed by atoms with Crippen molar-refractivity contribution >= 4 is 23.4 Å². The average molecular weight is 288 g/mol. The van der Waals surface area contributed by atoms with Crippen molar-refractivity contribution in [3.63, 3.8) is 0 Å². The van der Waals surface area contributed by atoms with Crippen LogP contribution in [0.4, 0.5) is 5.82 Å². The van der Waals surface area contributed by atoms with Crippen LogP contribution in [0.2, 0.25) is 5.15 Å². The van der Waals surface area contributed by atoms with Gasteiger partial charge in [0.15, 0.2) is 0 Å². The molecule has 0 bridgehead atoms. The molecule has 7 nitrogen and oxygen atoms in total. The third-order valence-corrected chi connectivity index (χ3v) is 3.09. The molecule has 0 spiro atoms. The van der Waals surface area contributed by atoms with Crippen molar-refractivity contribution in [2.45, 2.75) is 25.2 Å². The molecular formula is C11H14ClN3O4. The van der Waals surface area contributed by atoms with E-state index in [0.717, 1.165) is 6.42 Å². The van der Waals surface area contributed by atoms with Crippen LogP contribution in [0.3, 0.4) is 0 Å². The molecule has 19 heavy (non-hydrogen) atoms. The third-order valence-electron chi connectivity index (χ3n) is 2.80. The minimum absolute atomic E-state index is 0.0149. The van der Waals surface area contributed by atoms with Crippen LogP contribution in [0.1, 0.15) is 23.2 Å². The predicted molar refractivity (Wildman–Crippen MR) is 67.0 cm³/mol. The van der Waals surface area contributed by atoms with Gasteiger partial charge in [-0.1, -0.05) is 11.6 Å². The number of carbonyl (C=O) groups excluding carboxylic acids is 1. The summed E-state index contributed by atoms with van der Waals surface area (Å²) in [6, 6.07) is 0. The predicted octanol–water partition coefficient (Wildman–Crippen LogP) is 0.826. The van der Waals surface area contributed by atoms with Crippen LogP contribution in [0.5, 0.6) is 0 Å². The Labute approximate surface area is 114 Å². The molecule has 1 fully saturated rings. The summed E-state index contributed by atoms with van der Waals surface area (Å²) in [4.78, 5) is 19.4. The van der Waals surface area contributed by atoms with Gasteiger partial charge in [0.1, 0.15) is 29.1 Å². The Bertz CT molecular complexity index is 471. The Morgan fingerprint density at radius 3 is 3.05 bits per heavy atom. The summed E-state index contributed by atoms with van der Waals surface area (Å²) in [6.07, 6.45) is 2.16. The van der Waals surface area contributed by atoms with Gasteiger partial charge < -0.3 is 19.9 Å². The van der Waals surface area contributed by atoms with E-state index in [1.165, 1.54) is 13.4 Å². The highest BCUT2D eigenvalue weighted by Gasteiger charge is 2.27. The van der Waals surface area contributed by atoms with Crippen LogP contribution in [0, 0.1) is 0 Å².